The number of ether oxygens (including phenoxy) is 3. The van der Waals surface area contributed by atoms with Gasteiger partial charge in [-0.2, -0.15) is 0 Å². The summed E-state index contributed by atoms with van der Waals surface area (Å²) in [7, 11) is 0. The van der Waals surface area contributed by atoms with Gasteiger partial charge in [-0.3, -0.25) is 4.79 Å². The van der Waals surface area contributed by atoms with Gasteiger partial charge in [0.15, 0.2) is 5.82 Å². The molecule has 9 heteroatoms. The van der Waals surface area contributed by atoms with Gasteiger partial charge in [0.25, 0.3) is 0 Å². The Morgan fingerprint density at radius 2 is 1.26 bits per heavy atom. The van der Waals surface area contributed by atoms with Crippen molar-refractivity contribution in [2.75, 3.05) is 12.5 Å². The summed E-state index contributed by atoms with van der Waals surface area (Å²) < 4.78 is 15.6. The fourth-order valence-corrected chi connectivity index (χ4v) is 5.13. The van der Waals surface area contributed by atoms with Crippen LogP contribution in [0.15, 0.2) is 60.9 Å². The van der Waals surface area contributed by atoms with Gasteiger partial charge in [-0.15, -0.1) is 11.6 Å². The molecule has 0 N–H and O–H groups in total. The SMILES string of the molecule is CCCCCCCCCCCCCc1cnc(-c2ccc(C(=O)Oc3ccc(C(=O)O[C@@H](CCl)CC(=O)OCC)cc3)cc2)nc1. The number of nitrogens with zero attached hydrogens (tertiary/aromatic N) is 2. The van der Waals surface area contributed by atoms with Crippen molar-refractivity contribution in [3.05, 3.63) is 77.6 Å². The zero-order chi connectivity index (χ0) is 33.0. The summed E-state index contributed by atoms with van der Waals surface area (Å²) >= 11 is 5.83. The Morgan fingerprint density at radius 3 is 1.83 bits per heavy atom. The maximum atomic E-state index is 12.7. The molecule has 0 bridgehead atoms. The van der Waals surface area contributed by atoms with Crippen molar-refractivity contribution in [2.24, 2.45) is 0 Å². The Balaban J connectivity index is 1.40. The molecule has 1 aromatic heterocycles. The number of hydrogen-bond donors (Lipinski definition) is 0. The number of aryl methyl sites for hydroxylation is 1. The summed E-state index contributed by atoms with van der Waals surface area (Å²) in [5.74, 6) is -0.858. The molecule has 46 heavy (non-hydrogen) atoms. The van der Waals surface area contributed by atoms with Crippen LogP contribution in [-0.2, 0) is 20.7 Å². The summed E-state index contributed by atoms with van der Waals surface area (Å²) in [6, 6.07) is 12.9. The Bertz CT molecular complexity index is 1330. The highest BCUT2D eigenvalue weighted by Gasteiger charge is 2.20. The highest BCUT2D eigenvalue weighted by molar-refractivity contribution is 6.18. The molecule has 2 aromatic carbocycles. The lowest BCUT2D eigenvalue weighted by molar-refractivity contribution is -0.145. The lowest BCUT2D eigenvalue weighted by Crippen LogP contribution is -2.24. The number of benzene rings is 2. The minimum atomic E-state index is -0.809. The predicted octanol–water partition coefficient (Wildman–Crippen LogP) is 8.93. The van der Waals surface area contributed by atoms with Gasteiger partial charge in [0.1, 0.15) is 11.9 Å². The van der Waals surface area contributed by atoms with Crippen LogP contribution in [0, 0.1) is 0 Å². The van der Waals surface area contributed by atoms with Crippen LogP contribution < -0.4 is 4.74 Å². The number of alkyl halides is 1. The van der Waals surface area contributed by atoms with Gasteiger partial charge in [0.2, 0.25) is 0 Å². The molecule has 1 heterocycles. The lowest BCUT2D eigenvalue weighted by Gasteiger charge is -2.14. The van der Waals surface area contributed by atoms with Crippen LogP contribution in [0.5, 0.6) is 5.75 Å². The third-order valence-corrected chi connectivity index (χ3v) is 7.94. The second-order valence-electron chi connectivity index (χ2n) is 11.4. The molecular weight excluding hydrogens is 604 g/mol. The smallest absolute Gasteiger partial charge is 0.343 e. The van der Waals surface area contributed by atoms with Gasteiger partial charge >= 0.3 is 17.9 Å². The largest absolute Gasteiger partial charge is 0.466 e. The molecular formula is C37H47ClN2O6. The first-order valence-electron chi connectivity index (χ1n) is 16.6. The van der Waals surface area contributed by atoms with Crippen LogP contribution >= 0.6 is 11.6 Å². The summed E-state index contributed by atoms with van der Waals surface area (Å²) in [5, 5.41) is 0. The highest BCUT2D eigenvalue weighted by atomic mass is 35.5. The van der Waals surface area contributed by atoms with Gasteiger partial charge in [0.05, 0.1) is 30.0 Å². The fourth-order valence-electron chi connectivity index (χ4n) is 4.96. The number of carbonyl (C=O) groups excluding carboxylic acids is 3. The fraction of sp³-hybridized carbons (Fsp3) is 0.486. The molecule has 3 rings (SSSR count). The first kappa shape index (κ1) is 36.7. The van der Waals surface area contributed by atoms with E-state index in [9.17, 15) is 14.4 Å². The number of halogens is 1. The van der Waals surface area contributed by atoms with E-state index in [1.165, 1.54) is 88.5 Å². The molecule has 0 radical (unpaired) electrons. The van der Waals surface area contributed by atoms with Crippen molar-refractivity contribution in [1.82, 2.24) is 9.97 Å². The lowest BCUT2D eigenvalue weighted by atomic mass is 10.0. The maximum Gasteiger partial charge on any atom is 0.343 e. The molecule has 3 aromatic rings. The predicted molar refractivity (Wildman–Crippen MR) is 180 cm³/mol. The van der Waals surface area contributed by atoms with E-state index in [1.54, 1.807) is 31.2 Å². The number of esters is 3. The Labute approximate surface area is 278 Å². The third kappa shape index (κ3) is 13.3. The number of carbonyl (C=O) groups is 3. The van der Waals surface area contributed by atoms with Crippen molar-refractivity contribution in [3.8, 4) is 17.1 Å². The average Bonchev–Trinajstić information content (AvgIpc) is 3.07. The van der Waals surface area contributed by atoms with E-state index in [4.69, 9.17) is 25.8 Å². The summed E-state index contributed by atoms with van der Waals surface area (Å²) in [6.07, 6.45) is 18.4. The number of unbranched alkanes of at least 4 members (excludes halogenated alkanes) is 10. The minimum absolute atomic E-state index is 0.0457. The normalized spacial score (nSPS) is 11.5. The second-order valence-corrected chi connectivity index (χ2v) is 11.7. The van der Waals surface area contributed by atoms with E-state index < -0.39 is 24.0 Å². The standard InChI is InChI=1S/C37H47ClN2O6/c1-3-5-6-7-8-9-10-11-12-13-14-15-28-26-39-35(40-27-28)29-16-18-30(19-17-29)36(42)45-32-22-20-31(21-23-32)37(43)46-33(25-38)24-34(41)44-4-2/h16-23,26-27,33H,3-15,24-25H2,1-2H3/t33-/m1/s1. The third-order valence-electron chi connectivity index (χ3n) is 7.60. The van der Waals surface area contributed by atoms with E-state index in [2.05, 4.69) is 16.9 Å². The van der Waals surface area contributed by atoms with E-state index in [-0.39, 0.29) is 30.2 Å². The molecule has 248 valence electrons. The first-order chi connectivity index (χ1) is 22.4. The van der Waals surface area contributed by atoms with Crippen molar-refractivity contribution < 1.29 is 28.6 Å². The Morgan fingerprint density at radius 1 is 0.717 bits per heavy atom. The minimum Gasteiger partial charge on any atom is -0.466 e. The van der Waals surface area contributed by atoms with E-state index >= 15 is 0 Å². The topological polar surface area (TPSA) is 105 Å². The molecule has 1 atom stereocenters. The number of rotatable bonds is 21. The second kappa shape index (κ2) is 21.1. The summed E-state index contributed by atoms with van der Waals surface area (Å²) in [6.45, 7) is 4.18. The molecule has 0 aliphatic heterocycles. The van der Waals surface area contributed by atoms with Crippen molar-refractivity contribution in [1.29, 1.82) is 0 Å². The molecule has 0 saturated carbocycles. The Hall–Kier alpha value is -3.78. The van der Waals surface area contributed by atoms with Crippen LogP contribution in [-0.4, -0.2) is 46.5 Å². The van der Waals surface area contributed by atoms with Gasteiger partial charge in [-0.05, 0) is 61.7 Å². The maximum absolute atomic E-state index is 12.7. The highest BCUT2D eigenvalue weighted by Crippen LogP contribution is 2.20. The van der Waals surface area contributed by atoms with Gasteiger partial charge in [0, 0.05) is 18.0 Å². The quantitative estimate of drug-likeness (QED) is 0.0487. The average molecular weight is 651 g/mol. The van der Waals surface area contributed by atoms with Gasteiger partial charge in [-0.1, -0.05) is 83.3 Å². The molecule has 0 aliphatic carbocycles. The van der Waals surface area contributed by atoms with E-state index in [0.717, 1.165) is 24.0 Å². The van der Waals surface area contributed by atoms with Crippen LogP contribution in [0.2, 0.25) is 0 Å². The van der Waals surface area contributed by atoms with E-state index in [0.29, 0.717) is 11.4 Å². The zero-order valence-electron chi connectivity index (χ0n) is 27.2. The summed E-state index contributed by atoms with van der Waals surface area (Å²) in [5.41, 5.74) is 2.53. The zero-order valence-corrected chi connectivity index (χ0v) is 27.9. The first-order valence-corrected chi connectivity index (χ1v) is 17.1. The van der Waals surface area contributed by atoms with Crippen LogP contribution in [0.1, 0.15) is 117 Å². The molecule has 0 aliphatic rings. The number of hydrogen-bond acceptors (Lipinski definition) is 8. The molecule has 8 nitrogen and oxygen atoms in total. The monoisotopic (exact) mass is 650 g/mol. The Kier molecular flexibility index (Phi) is 16.8. The molecule has 0 fully saturated rings. The van der Waals surface area contributed by atoms with Crippen LogP contribution in [0.25, 0.3) is 11.4 Å². The number of aromatic nitrogens is 2. The van der Waals surface area contributed by atoms with Crippen LogP contribution in [0.3, 0.4) is 0 Å². The van der Waals surface area contributed by atoms with Crippen molar-refractivity contribution >= 4 is 29.5 Å². The van der Waals surface area contributed by atoms with Crippen LogP contribution in [0.4, 0.5) is 0 Å². The molecule has 0 saturated heterocycles. The molecule has 0 unspecified atom stereocenters. The van der Waals surface area contributed by atoms with Gasteiger partial charge < -0.3 is 14.2 Å². The molecule has 0 spiro atoms. The molecule has 0 amide bonds. The van der Waals surface area contributed by atoms with Crippen molar-refractivity contribution in [2.45, 2.75) is 103 Å². The van der Waals surface area contributed by atoms with E-state index in [1.807, 2.05) is 12.4 Å². The summed E-state index contributed by atoms with van der Waals surface area (Å²) in [4.78, 5) is 45.9. The van der Waals surface area contributed by atoms with Gasteiger partial charge in [-0.25, -0.2) is 19.6 Å². The van der Waals surface area contributed by atoms with Crippen molar-refractivity contribution in [3.63, 3.8) is 0 Å².